The van der Waals surface area contributed by atoms with Crippen molar-refractivity contribution in [1.29, 1.82) is 0 Å². The number of fused-ring (bicyclic) bond motifs is 2. The van der Waals surface area contributed by atoms with E-state index in [1.807, 2.05) is 12.1 Å². The average molecular weight is 373 g/mol. The first-order valence-corrected chi connectivity index (χ1v) is 10.3. The van der Waals surface area contributed by atoms with E-state index in [1.54, 1.807) is 7.11 Å². The van der Waals surface area contributed by atoms with Gasteiger partial charge in [-0.05, 0) is 50.7 Å². The first-order valence-electron chi connectivity index (χ1n) is 10.3. The third-order valence-corrected chi connectivity index (χ3v) is 5.99. The molecule has 0 aliphatic carbocycles. The molecule has 6 heteroatoms. The van der Waals surface area contributed by atoms with Gasteiger partial charge in [0.05, 0.1) is 31.0 Å². The zero-order valence-corrected chi connectivity index (χ0v) is 16.5. The summed E-state index contributed by atoms with van der Waals surface area (Å²) in [5, 5.41) is 7.02. The van der Waals surface area contributed by atoms with Gasteiger partial charge in [-0.15, -0.1) is 0 Å². The first kappa shape index (κ1) is 18.4. The third kappa shape index (κ3) is 4.15. The van der Waals surface area contributed by atoms with Gasteiger partial charge in [0.25, 0.3) is 0 Å². The van der Waals surface area contributed by atoms with Crippen LogP contribution in [0.1, 0.15) is 32.6 Å². The summed E-state index contributed by atoms with van der Waals surface area (Å²) < 4.78 is 11.5. The standard InChI is InChI=1S/C21H32N4O2/c1-3-22-21(24-17-12-16-8-9-19(17)27-16)23-13-15-10-11-25(14-15)18-6-4-5-7-20(18)26-2/h4-7,15-17,19H,3,8-14H2,1-2H3,(H2,22,23,24). The van der Waals surface area contributed by atoms with Gasteiger partial charge in [0.2, 0.25) is 0 Å². The zero-order valence-electron chi connectivity index (χ0n) is 16.5. The van der Waals surface area contributed by atoms with Crippen molar-refractivity contribution in [3.05, 3.63) is 24.3 Å². The lowest BCUT2D eigenvalue weighted by atomic mass is 9.96. The fourth-order valence-corrected chi connectivity index (χ4v) is 4.60. The van der Waals surface area contributed by atoms with Gasteiger partial charge in [0, 0.05) is 26.2 Å². The Labute approximate surface area is 162 Å². The van der Waals surface area contributed by atoms with E-state index in [0.29, 0.717) is 24.2 Å². The van der Waals surface area contributed by atoms with Crippen LogP contribution in [-0.2, 0) is 4.74 Å². The summed E-state index contributed by atoms with van der Waals surface area (Å²) in [6.45, 7) is 5.94. The lowest BCUT2D eigenvalue weighted by Gasteiger charge is -2.23. The van der Waals surface area contributed by atoms with Crippen LogP contribution >= 0.6 is 0 Å². The topological polar surface area (TPSA) is 58.1 Å². The van der Waals surface area contributed by atoms with Crippen LogP contribution in [0.4, 0.5) is 5.69 Å². The Morgan fingerprint density at radius 3 is 2.93 bits per heavy atom. The van der Waals surface area contributed by atoms with Crippen LogP contribution in [0.3, 0.4) is 0 Å². The molecule has 3 aliphatic heterocycles. The van der Waals surface area contributed by atoms with Crippen molar-refractivity contribution in [2.24, 2.45) is 10.9 Å². The molecule has 0 spiro atoms. The average Bonchev–Trinajstić information content (AvgIpc) is 3.43. The SMILES string of the molecule is CCNC(=NCC1CCN(c2ccccc2OC)C1)NC1CC2CCC1O2. The summed E-state index contributed by atoms with van der Waals surface area (Å²) in [6.07, 6.45) is 5.50. The molecule has 0 aromatic heterocycles. The molecule has 148 valence electrons. The molecule has 27 heavy (non-hydrogen) atoms. The van der Waals surface area contributed by atoms with Crippen molar-refractivity contribution in [3.8, 4) is 5.75 Å². The minimum atomic E-state index is 0.367. The Balaban J connectivity index is 1.33. The van der Waals surface area contributed by atoms with Crippen molar-refractivity contribution in [2.75, 3.05) is 38.2 Å². The van der Waals surface area contributed by atoms with E-state index < -0.39 is 0 Å². The molecule has 3 saturated heterocycles. The van der Waals surface area contributed by atoms with Gasteiger partial charge in [-0.3, -0.25) is 4.99 Å². The molecule has 0 saturated carbocycles. The quantitative estimate of drug-likeness (QED) is 0.593. The smallest absolute Gasteiger partial charge is 0.191 e. The van der Waals surface area contributed by atoms with E-state index in [-0.39, 0.29) is 0 Å². The molecule has 4 atom stereocenters. The van der Waals surface area contributed by atoms with Crippen molar-refractivity contribution < 1.29 is 9.47 Å². The number of hydrogen-bond acceptors (Lipinski definition) is 4. The van der Waals surface area contributed by atoms with E-state index in [0.717, 1.165) is 50.7 Å². The van der Waals surface area contributed by atoms with E-state index in [4.69, 9.17) is 14.5 Å². The van der Waals surface area contributed by atoms with Crippen LogP contribution in [0.5, 0.6) is 5.75 Å². The molecule has 3 aliphatic rings. The number of rotatable bonds is 6. The Bertz CT molecular complexity index is 665. The number of benzene rings is 1. The third-order valence-electron chi connectivity index (χ3n) is 5.99. The summed E-state index contributed by atoms with van der Waals surface area (Å²) in [6, 6.07) is 8.69. The van der Waals surface area contributed by atoms with E-state index in [2.05, 4.69) is 34.6 Å². The lowest BCUT2D eigenvalue weighted by Crippen LogP contribution is -2.47. The second-order valence-corrected chi connectivity index (χ2v) is 7.85. The first-order chi connectivity index (χ1) is 13.3. The largest absolute Gasteiger partial charge is 0.495 e. The van der Waals surface area contributed by atoms with Gasteiger partial charge in [-0.1, -0.05) is 12.1 Å². The molecule has 1 aromatic carbocycles. The van der Waals surface area contributed by atoms with Gasteiger partial charge in [0.15, 0.2) is 5.96 Å². The molecule has 4 unspecified atom stereocenters. The maximum atomic E-state index is 5.96. The number of ether oxygens (including phenoxy) is 2. The van der Waals surface area contributed by atoms with Gasteiger partial charge in [0.1, 0.15) is 5.75 Å². The van der Waals surface area contributed by atoms with Crippen molar-refractivity contribution >= 4 is 11.6 Å². The maximum absolute atomic E-state index is 5.96. The molecule has 3 fully saturated rings. The number of methoxy groups -OCH3 is 1. The maximum Gasteiger partial charge on any atom is 0.191 e. The normalized spacial score (nSPS) is 30.0. The second kappa shape index (κ2) is 8.38. The van der Waals surface area contributed by atoms with Gasteiger partial charge in [-0.25, -0.2) is 0 Å². The molecule has 0 radical (unpaired) electrons. The fourth-order valence-electron chi connectivity index (χ4n) is 4.60. The molecule has 1 aromatic rings. The molecular weight excluding hydrogens is 340 g/mol. The van der Waals surface area contributed by atoms with Gasteiger partial charge >= 0.3 is 0 Å². The Morgan fingerprint density at radius 1 is 1.30 bits per heavy atom. The van der Waals surface area contributed by atoms with Crippen molar-refractivity contribution in [1.82, 2.24) is 10.6 Å². The minimum Gasteiger partial charge on any atom is -0.495 e. The summed E-state index contributed by atoms with van der Waals surface area (Å²) in [5.41, 5.74) is 1.19. The number of aliphatic imine (C=N–C) groups is 1. The number of nitrogens with one attached hydrogen (secondary N) is 2. The predicted octanol–water partition coefficient (Wildman–Crippen LogP) is 2.40. The monoisotopic (exact) mass is 372 g/mol. The second-order valence-electron chi connectivity index (χ2n) is 7.85. The van der Waals surface area contributed by atoms with E-state index >= 15 is 0 Å². The van der Waals surface area contributed by atoms with Crippen LogP contribution in [0, 0.1) is 5.92 Å². The number of hydrogen-bond donors (Lipinski definition) is 2. The summed E-state index contributed by atoms with van der Waals surface area (Å²) in [7, 11) is 1.74. The summed E-state index contributed by atoms with van der Waals surface area (Å²) in [5.74, 6) is 2.46. The Morgan fingerprint density at radius 2 is 2.19 bits per heavy atom. The molecule has 2 bridgehead atoms. The van der Waals surface area contributed by atoms with E-state index in [9.17, 15) is 0 Å². The van der Waals surface area contributed by atoms with Crippen molar-refractivity contribution in [2.45, 2.75) is 50.9 Å². The molecule has 3 heterocycles. The molecule has 2 N–H and O–H groups in total. The van der Waals surface area contributed by atoms with Crippen LogP contribution in [-0.4, -0.2) is 57.5 Å². The van der Waals surface area contributed by atoms with Crippen LogP contribution < -0.4 is 20.3 Å². The predicted molar refractivity (Wildman–Crippen MR) is 109 cm³/mol. The highest BCUT2D eigenvalue weighted by molar-refractivity contribution is 5.80. The number of nitrogens with zero attached hydrogens (tertiary/aromatic N) is 2. The minimum absolute atomic E-state index is 0.367. The van der Waals surface area contributed by atoms with Crippen LogP contribution in [0.2, 0.25) is 0 Å². The number of anilines is 1. The van der Waals surface area contributed by atoms with Crippen LogP contribution in [0.25, 0.3) is 0 Å². The van der Waals surface area contributed by atoms with Gasteiger partial charge in [-0.2, -0.15) is 0 Å². The number of para-hydroxylation sites is 2. The highest BCUT2D eigenvalue weighted by Gasteiger charge is 2.41. The van der Waals surface area contributed by atoms with Crippen LogP contribution in [0.15, 0.2) is 29.3 Å². The Kier molecular flexibility index (Phi) is 5.72. The molecule has 6 nitrogen and oxygen atoms in total. The highest BCUT2D eigenvalue weighted by atomic mass is 16.5. The zero-order chi connectivity index (χ0) is 18.6. The Hall–Kier alpha value is -1.95. The fraction of sp³-hybridized carbons (Fsp3) is 0.667. The molecule has 4 rings (SSSR count). The molecule has 0 amide bonds. The van der Waals surface area contributed by atoms with E-state index in [1.165, 1.54) is 18.5 Å². The summed E-state index contributed by atoms with van der Waals surface area (Å²) in [4.78, 5) is 7.31. The molecular formula is C21H32N4O2. The van der Waals surface area contributed by atoms with Gasteiger partial charge < -0.3 is 25.0 Å². The lowest BCUT2D eigenvalue weighted by molar-refractivity contribution is 0.0992. The number of guanidine groups is 1. The summed E-state index contributed by atoms with van der Waals surface area (Å²) >= 11 is 0. The highest BCUT2D eigenvalue weighted by Crippen LogP contribution is 2.34. The van der Waals surface area contributed by atoms with Crippen molar-refractivity contribution in [3.63, 3.8) is 0 Å².